The van der Waals surface area contributed by atoms with Crippen LogP contribution in [0, 0.1) is 0 Å². The van der Waals surface area contributed by atoms with Crippen molar-refractivity contribution >= 4 is 10.9 Å². The van der Waals surface area contributed by atoms with Crippen molar-refractivity contribution in [3.05, 3.63) is 94.7 Å². The molecule has 0 spiro atoms. The van der Waals surface area contributed by atoms with Crippen LogP contribution in [0.3, 0.4) is 0 Å². The first-order valence-corrected chi connectivity index (χ1v) is 13.1. The number of H-pyrrole nitrogens is 1. The molecule has 6 rings (SSSR count). The molecule has 3 aromatic carbocycles. The Hall–Kier alpha value is -3.24. The zero-order valence-corrected chi connectivity index (χ0v) is 20.6. The summed E-state index contributed by atoms with van der Waals surface area (Å²) in [5.74, 6) is 2.52. The van der Waals surface area contributed by atoms with Crippen LogP contribution in [0.1, 0.15) is 72.0 Å². The topological polar surface area (TPSA) is 50.9 Å². The van der Waals surface area contributed by atoms with E-state index in [4.69, 9.17) is 9.47 Å². The minimum atomic E-state index is 0.255. The third-order valence-corrected chi connectivity index (χ3v) is 7.97. The summed E-state index contributed by atoms with van der Waals surface area (Å²) in [6, 6.07) is 24.1. The van der Waals surface area contributed by atoms with Crippen molar-refractivity contribution < 1.29 is 14.8 Å². The second-order valence-electron chi connectivity index (χ2n) is 10.0. The van der Waals surface area contributed by atoms with Gasteiger partial charge in [-0.25, -0.2) is 0 Å². The summed E-state index contributed by atoms with van der Waals surface area (Å²) in [7, 11) is 1.75. The van der Waals surface area contributed by atoms with Crippen molar-refractivity contribution in [3.8, 4) is 11.5 Å². The minimum absolute atomic E-state index is 0.255. The van der Waals surface area contributed by atoms with Crippen LogP contribution >= 0.6 is 0 Å². The Morgan fingerprint density at radius 1 is 0.914 bits per heavy atom. The number of nitrogens with one attached hydrogen (secondary N) is 1. The van der Waals surface area contributed by atoms with Gasteiger partial charge in [-0.15, -0.1) is 0 Å². The molecule has 0 amide bonds. The molecule has 2 heterocycles. The van der Waals surface area contributed by atoms with Gasteiger partial charge in [0.05, 0.1) is 19.3 Å². The summed E-state index contributed by atoms with van der Waals surface area (Å²) in [5.41, 5.74) is 7.78. The maximum Gasteiger partial charge on any atom is 0.153 e. The van der Waals surface area contributed by atoms with Crippen molar-refractivity contribution in [2.75, 3.05) is 13.7 Å². The zero-order chi connectivity index (χ0) is 23.6. The van der Waals surface area contributed by atoms with Crippen molar-refractivity contribution in [3.63, 3.8) is 0 Å². The van der Waals surface area contributed by atoms with Crippen molar-refractivity contribution in [2.24, 2.45) is 0 Å². The van der Waals surface area contributed by atoms with Crippen LogP contribution in [-0.2, 0) is 13.0 Å². The number of para-hydroxylation sites is 2. The lowest BCUT2D eigenvalue weighted by Crippen LogP contribution is -2.87. The van der Waals surface area contributed by atoms with Crippen LogP contribution in [0.5, 0.6) is 11.5 Å². The highest BCUT2D eigenvalue weighted by atomic mass is 16.5. The van der Waals surface area contributed by atoms with Crippen LogP contribution in [0.2, 0.25) is 0 Å². The van der Waals surface area contributed by atoms with Gasteiger partial charge in [0.2, 0.25) is 0 Å². The molecule has 1 saturated carbocycles. The number of quaternary nitrogens is 1. The Bertz CT molecular complexity index is 1320. The zero-order valence-electron chi connectivity index (χ0n) is 20.6. The van der Waals surface area contributed by atoms with Gasteiger partial charge in [0, 0.05) is 28.5 Å². The molecule has 1 unspecified atom stereocenters. The second-order valence-corrected chi connectivity index (χ2v) is 10.0. The normalized spacial score (nSPS) is 18.4. The van der Waals surface area contributed by atoms with E-state index in [9.17, 15) is 0 Å². The Morgan fingerprint density at radius 3 is 2.63 bits per heavy atom. The third-order valence-electron chi connectivity index (χ3n) is 7.97. The molecular formula is C31H35N2O2+. The van der Waals surface area contributed by atoms with E-state index in [1.165, 1.54) is 65.4 Å². The first-order valence-electron chi connectivity index (χ1n) is 13.1. The monoisotopic (exact) mass is 467 g/mol. The summed E-state index contributed by atoms with van der Waals surface area (Å²) < 4.78 is 12.2. The predicted octanol–water partition coefficient (Wildman–Crippen LogP) is 6.01. The lowest BCUT2D eigenvalue weighted by atomic mass is 9.84. The van der Waals surface area contributed by atoms with Crippen molar-refractivity contribution in [1.29, 1.82) is 0 Å². The highest BCUT2D eigenvalue weighted by Gasteiger charge is 2.29. The van der Waals surface area contributed by atoms with E-state index in [-0.39, 0.29) is 6.04 Å². The van der Waals surface area contributed by atoms with Crippen molar-refractivity contribution in [2.45, 2.75) is 57.1 Å². The van der Waals surface area contributed by atoms with Gasteiger partial charge in [0.15, 0.2) is 6.04 Å². The van der Waals surface area contributed by atoms with Crippen LogP contribution in [0.15, 0.2) is 66.7 Å². The van der Waals surface area contributed by atoms with E-state index in [1.54, 1.807) is 7.11 Å². The molecule has 1 aliphatic carbocycles. The molecule has 2 aliphatic rings. The first kappa shape index (κ1) is 22.2. The molecular weight excluding hydrogens is 432 g/mol. The van der Waals surface area contributed by atoms with Gasteiger partial charge in [-0.05, 0) is 60.2 Å². The van der Waals surface area contributed by atoms with Crippen LogP contribution in [0.4, 0.5) is 0 Å². The van der Waals surface area contributed by atoms with Gasteiger partial charge >= 0.3 is 0 Å². The number of aromatic amines is 1. The average Bonchev–Trinajstić information content (AvgIpc) is 3.31. The molecule has 4 nitrogen and oxygen atoms in total. The lowest BCUT2D eigenvalue weighted by molar-refractivity contribution is -0.690. The smallest absolute Gasteiger partial charge is 0.153 e. The number of hydrogen-bond acceptors (Lipinski definition) is 2. The number of rotatable bonds is 6. The number of ether oxygens (including phenoxy) is 2. The van der Waals surface area contributed by atoms with Gasteiger partial charge in [-0.1, -0.05) is 55.7 Å². The molecule has 35 heavy (non-hydrogen) atoms. The molecule has 4 aromatic rings. The number of fused-ring (bicyclic) bond motifs is 3. The number of nitrogens with two attached hydrogens (primary N) is 1. The van der Waals surface area contributed by atoms with E-state index in [0.29, 0.717) is 12.5 Å². The summed E-state index contributed by atoms with van der Waals surface area (Å²) in [6.07, 6.45) is 7.64. The van der Waals surface area contributed by atoms with Gasteiger partial charge < -0.3 is 19.8 Å². The predicted molar refractivity (Wildman–Crippen MR) is 140 cm³/mol. The first-order chi connectivity index (χ1) is 17.3. The van der Waals surface area contributed by atoms with Gasteiger partial charge in [0.1, 0.15) is 18.1 Å². The molecule has 180 valence electrons. The quantitative estimate of drug-likeness (QED) is 0.365. The number of methoxy groups -OCH3 is 1. The van der Waals surface area contributed by atoms with Gasteiger partial charge in [0.25, 0.3) is 0 Å². The number of hydrogen-bond donors (Lipinski definition) is 2. The highest BCUT2D eigenvalue weighted by molar-refractivity contribution is 5.85. The van der Waals surface area contributed by atoms with Gasteiger partial charge in [-0.2, -0.15) is 0 Å². The third kappa shape index (κ3) is 4.32. The molecule has 3 N–H and O–H groups in total. The summed E-state index contributed by atoms with van der Waals surface area (Å²) >= 11 is 0. The fourth-order valence-electron chi connectivity index (χ4n) is 6.19. The fraction of sp³-hybridized carbons (Fsp3) is 0.355. The van der Waals surface area contributed by atoms with E-state index in [1.807, 2.05) is 0 Å². The number of aromatic nitrogens is 1. The summed E-state index contributed by atoms with van der Waals surface area (Å²) in [6.45, 7) is 1.60. The maximum atomic E-state index is 6.48. The Morgan fingerprint density at radius 2 is 1.74 bits per heavy atom. The molecule has 0 bridgehead atoms. The summed E-state index contributed by atoms with van der Waals surface area (Å²) in [4.78, 5) is 3.72. The fourth-order valence-corrected chi connectivity index (χ4v) is 6.19. The van der Waals surface area contributed by atoms with E-state index in [2.05, 4.69) is 77.0 Å². The Kier molecular flexibility index (Phi) is 6.22. The van der Waals surface area contributed by atoms with Crippen LogP contribution in [-0.4, -0.2) is 18.6 Å². The number of benzene rings is 3. The average molecular weight is 468 g/mol. The molecule has 0 radical (unpaired) electrons. The second kappa shape index (κ2) is 9.79. The van der Waals surface area contributed by atoms with E-state index in [0.717, 1.165) is 30.0 Å². The molecule has 1 atom stereocenters. The molecule has 1 fully saturated rings. The molecule has 1 aromatic heterocycles. The maximum absolute atomic E-state index is 6.48. The molecule has 4 heteroatoms. The van der Waals surface area contributed by atoms with Crippen LogP contribution < -0.4 is 14.8 Å². The Labute approximate surface area is 207 Å². The SMILES string of the molecule is COc1ccc(C2[NH2+]CCc3c2[nH]c2ccccc32)cc1COc1ccccc1C1CCCCC1. The minimum Gasteiger partial charge on any atom is -0.496 e. The van der Waals surface area contributed by atoms with E-state index >= 15 is 0 Å². The Balaban J connectivity index is 1.29. The van der Waals surface area contributed by atoms with Crippen molar-refractivity contribution in [1.82, 2.24) is 4.98 Å². The largest absolute Gasteiger partial charge is 0.496 e. The lowest BCUT2D eigenvalue weighted by Gasteiger charge is -2.25. The highest BCUT2D eigenvalue weighted by Crippen LogP contribution is 2.38. The van der Waals surface area contributed by atoms with Gasteiger partial charge in [-0.3, -0.25) is 0 Å². The standard InChI is InChI=1S/C31H34N2O2/c1-34-28-16-15-22(30-31-26(17-18-32-30)25-12-5-7-13-27(25)33-31)19-23(28)20-35-29-14-8-6-11-24(29)21-9-3-2-4-10-21/h5-8,11-16,19,21,30,32-33H,2-4,9-10,17-18,20H2,1H3/p+1. The van der Waals surface area contributed by atoms with Crippen LogP contribution in [0.25, 0.3) is 10.9 Å². The van der Waals surface area contributed by atoms with E-state index < -0.39 is 0 Å². The molecule has 1 aliphatic heterocycles. The summed E-state index contributed by atoms with van der Waals surface area (Å²) in [5, 5.41) is 3.81. The molecule has 0 saturated heterocycles.